The maximum atomic E-state index is 13.1. The second kappa shape index (κ2) is 8.91. The number of alkyl halides is 2. The van der Waals surface area contributed by atoms with E-state index in [1.807, 2.05) is 6.07 Å². The van der Waals surface area contributed by atoms with Crippen molar-refractivity contribution >= 4 is 79.7 Å². The minimum atomic E-state index is -4.19. The van der Waals surface area contributed by atoms with E-state index in [9.17, 15) is 18.4 Å². The molecule has 0 radical (unpaired) electrons. The highest BCUT2D eigenvalue weighted by molar-refractivity contribution is 14.1. The number of rotatable bonds is 5. The highest BCUT2D eigenvalue weighted by atomic mass is 127. The van der Waals surface area contributed by atoms with E-state index in [0.717, 1.165) is 10.7 Å². The Kier molecular flexibility index (Phi) is 7.65. The second-order valence-corrected chi connectivity index (χ2v) is 8.98. The van der Waals surface area contributed by atoms with Crippen molar-refractivity contribution in [2.75, 3.05) is 0 Å². The molecular weight excluding hydrogens is 679 g/mol. The number of halogens is 5. The number of carboxylic acids is 1. The van der Waals surface area contributed by atoms with Crippen molar-refractivity contribution in [1.82, 2.24) is 0 Å². The van der Waals surface area contributed by atoms with Gasteiger partial charge in [0.15, 0.2) is 0 Å². The second-order valence-electron chi connectivity index (χ2n) is 5.49. The van der Waals surface area contributed by atoms with E-state index in [4.69, 9.17) is 9.84 Å². The molecule has 0 amide bonds. The molecule has 1 fully saturated rings. The van der Waals surface area contributed by atoms with Crippen LogP contribution in [0.1, 0.15) is 36.0 Å². The molecule has 0 bridgehead atoms. The lowest BCUT2D eigenvalue weighted by Crippen LogP contribution is -2.38. The summed E-state index contributed by atoms with van der Waals surface area (Å²) < 4.78 is 38.7. The van der Waals surface area contributed by atoms with Gasteiger partial charge >= 0.3 is 18.0 Å². The van der Waals surface area contributed by atoms with Gasteiger partial charge in [0.25, 0.3) is 0 Å². The van der Waals surface area contributed by atoms with E-state index in [1.54, 1.807) is 6.07 Å². The van der Waals surface area contributed by atoms with Crippen LogP contribution in [0.2, 0.25) is 0 Å². The summed E-state index contributed by atoms with van der Waals surface area (Å²) in [5, 5.41) is 8.39. The highest BCUT2D eigenvalue weighted by Gasteiger charge is 2.43. The van der Waals surface area contributed by atoms with Crippen molar-refractivity contribution in [2.24, 2.45) is 0 Å². The van der Waals surface area contributed by atoms with Gasteiger partial charge in [-0.15, -0.1) is 0 Å². The molecule has 1 aliphatic rings. The van der Waals surface area contributed by atoms with Gasteiger partial charge in [-0.2, -0.15) is 8.78 Å². The quantitative estimate of drug-likeness (QED) is 0.277. The molecule has 1 aromatic carbocycles. The van der Waals surface area contributed by atoms with E-state index in [2.05, 4.69) is 72.5 Å². The molecule has 0 aliphatic heterocycles. The first-order chi connectivity index (χ1) is 11.6. The third-order valence-electron chi connectivity index (χ3n) is 3.67. The topological polar surface area (TPSA) is 72.8 Å². The first-order valence-corrected chi connectivity index (χ1v) is 10.5. The summed E-state index contributed by atoms with van der Waals surface area (Å²) in [6.45, 7) is 0. The van der Waals surface area contributed by atoms with Crippen LogP contribution in [0.5, 0.6) is 0 Å². The van der Waals surface area contributed by atoms with Crippen LogP contribution in [-0.2, 0) is 14.3 Å². The zero-order valence-electron chi connectivity index (χ0n) is 12.6. The Morgan fingerprint density at radius 2 is 1.64 bits per heavy atom. The van der Waals surface area contributed by atoms with Crippen LogP contribution >= 0.6 is 67.8 Å². The standard InChI is InChI=1S/C15H13F2I3O5/c16-15(17,14(22)23)25-9-3-1-8(2-4-9)24-13(21)10-5-7(18)6-11(19)12(10)20/h5-6,8-9H,1-4H2,(H,22,23). The molecule has 25 heavy (non-hydrogen) atoms. The molecule has 10 heteroatoms. The summed E-state index contributed by atoms with van der Waals surface area (Å²) in [6, 6.07) is 3.69. The Balaban J connectivity index is 1.92. The average Bonchev–Trinajstić information content (AvgIpc) is 2.52. The molecule has 1 aromatic rings. The first-order valence-electron chi connectivity index (χ1n) is 7.24. The third kappa shape index (κ3) is 5.82. The molecule has 0 heterocycles. The molecule has 138 valence electrons. The lowest BCUT2D eigenvalue weighted by molar-refractivity contribution is -0.267. The smallest absolute Gasteiger partial charge is 0.456 e. The summed E-state index contributed by atoms with van der Waals surface area (Å²) in [6.07, 6.45) is -4.32. The number of hydrogen-bond donors (Lipinski definition) is 1. The van der Waals surface area contributed by atoms with E-state index < -0.39 is 30.3 Å². The van der Waals surface area contributed by atoms with Gasteiger partial charge in [0.2, 0.25) is 0 Å². The SMILES string of the molecule is O=C(OC1CCC(OC(F)(F)C(=O)O)CC1)c1cc(I)cc(I)c1I. The molecule has 1 N–H and O–H groups in total. The molecule has 0 spiro atoms. The van der Waals surface area contributed by atoms with Gasteiger partial charge in [-0.25, -0.2) is 9.59 Å². The number of hydrogen-bond acceptors (Lipinski definition) is 4. The highest BCUT2D eigenvalue weighted by Crippen LogP contribution is 2.30. The van der Waals surface area contributed by atoms with Gasteiger partial charge in [-0.3, -0.25) is 0 Å². The summed E-state index contributed by atoms with van der Waals surface area (Å²) >= 11 is 6.35. The maximum Gasteiger partial charge on any atom is 0.456 e. The van der Waals surface area contributed by atoms with Crippen molar-refractivity contribution in [2.45, 2.75) is 44.0 Å². The molecule has 5 nitrogen and oxygen atoms in total. The zero-order valence-corrected chi connectivity index (χ0v) is 19.1. The van der Waals surface area contributed by atoms with Crippen LogP contribution in [0.25, 0.3) is 0 Å². The monoisotopic (exact) mass is 692 g/mol. The fourth-order valence-corrected chi connectivity index (χ4v) is 4.82. The van der Waals surface area contributed by atoms with Crippen LogP contribution < -0.4 is 0 Å². The van der Waals surface area contributed by atoms with Gasteiger partial charge in [-0.05, 0) is 106 Å². The number of carboxylic acid groups (broad SMARTS) is 1. The molecule has 0 unspecified atom stereocenters. The summed E-state index contributed by atoms with van der Waals surface area (Å²) in [7, 11) is 0. The van der Waals surface area contributed by atoms with Crippen molar-refractivity contribution < 1.29 is 33.0 Å². The van der Waals surface area contributed by atoms with E-state index in [1.165, 1.54) is 0 Å². The summed E-state index contributed by atoms with van der Waals surface area (Å²) in [4.78, 5) is 22.8. The molecule has 1 saturated carbocycles. The van der Waals surface area contributed by atoms with Crippen LogP contribution in [-0.4, -0.2) is 35.4 Å². The fourth-order valence-electron chi connectivity index (χ4n) is 2.45. The van der Waals surface area contributed by atoms with Crippen LogP contribution in [0, 0.1) is 10.7 Å². The molecule has 0 saturated heterocycles. The Labute approximate surface area is 183 Å². The summed E-state index contributed by atoms with van der Waals surface area (Å²) in [5.41, 5.74) is 0.479. The van der Waals surface area contributed by atoms with Crippen molar-refractivity contribution in [3.63, 3.8) is 0 Å². The number of ether oxygens (including phenoxy) is 2. The lowest BCUT2D eigenvalue weighted by Gasteiger charge is -2.29. The van der Waals surface area contributed by atoms with Crippen molar-refractivity contribution in [3.05, 3.63) is 28.4 Å². The van der Waals surface area contributed by atoms with E-state index in [0.29, 0.717) is 18.4 Å². The largest absolute Gasteiger partial charge is 0.475 e. The first kappa shape index (κ1) is 21.5. The minimum absolute atomic E-state index is 0.210. The normalized spacial score (nSPS) is 21.0. The number of esters is 1. The zero-order chi connectivity index (χ0) is 18.8. The van der Waals surface area contributed by atoms with Crippen LogP contribution in [0.15, 0.2) is 12.1 Å². The molecule has 2 rings (SSSR count). The van der Waals surface area contributed by atoms with Crippen LogP contribution in [0.4, 0.5) is 8.78 Å². The van der Waals surface area contributed by atoms with Gasteiger partial charge in [-0.1, -0.05) is 0 Å². The van der Waals surface area contributed by atoms with Gasteiger partial charge in [0.05, 0.1) is 11.7 Å². The number of aliphatic carboxylic acids is 1. The maximum absolute atomic E-state index is 13.1. The number of carbonyl (C=O) groups is 2. The van der Waals surface area contributed by atoms with Gasteiger partial charge in [0, 0.05) is 10.7 Å². The Hall–Kier alpha value is 0.170. The third-order valence-corrected chi connectivity index (χ3v) is 7.34. The lowest BCUT2D eigenvalue weighted by atomic mass is 9.95. The van der Waals surface area contributed by atoms with E-state index >= 15 is 0 Å². The Bertz CT molecular complexity index is 675. The number of benzene rings is 1. The Morgan fingerprint density at radius 1 is 1.08 bits per heavy atom. The fraction of sp³-hybridized carbons (Fsp3) is 0.467. The average molecular weight is 692 g/mol. The summed E-state index contributed by atoms with van der Waals surface area (Å²) in [5.74, 6) is -2.75. The molecule has 0 aromatic heterocycles. The van der Waals surface area contributed by atoms with Crippen LogP contribution in [0.3, 0.4) is 0 Å². The molecule has 0 atom stereocenters. The predicted octanol–water partition coefficient (Wildman–Crippen LogP) is 4.66. The Morgan fingerprint density at radius 3 is 2.20 bits per heavy atom. The van der Waals surface area contributed by atoms with E-state index in [-0.39, 0.29) is 12.8 Å². The van der Waals surface area contributed by atoms with Gasteiger partial charge < -0.3 is 14.6 Å². The predicted molar refractivity (Wildman–Crippen MR) is 110 cm³/mol. The van der Waals surface area contributed by atoms with Crippen molar-refractivity contribution in [1.29, 1.82) is 0 Å². The van der Waals surface area contributed by atoms with Gasteiger partial charge in [0.1, 0.15) is 6.10 Å². The molecular formula is C15H13F2I3O5. The minimum Gasteiger partial charge on any atom is -0.475 e. The molecule has 1 aliphatic carbocycles. The van der Waals surface area contributed by atoms with Crippen molar-refractivity contribution in [3.8, 4) is 0 Å². The number of carbonyl (C=O) groups excluding carboxylic acids is 1.